The smallest absolute Gasteiger partial charge is 0.326 e. The molecule has 1 atom stereocenters. The molecule has 1 aromatic rings. The van der Waals surface area contributed by atoms with Crippen molar-refractivity contribution in [3.8, 4) is 0 Å². The SMILES string of the molecule is CC(C)C(Nc1c(Cl)c(Cl)cc(Cl)c1Cl)C(=O)O. The van der Waals surface area contributed by atoms with Crippen LogP contribution in [0.4, 0.5) is 5.69 Å². The van der Waals surface area contributed by atoms with Crippen LogP contribution < -0.4 is 5.32 Å². The van der Waals surface area contributed by atoms with Crippen LogP contribution in [0.1, 0.15) is 13.8 Å². The molecule has 0 spiro atoms. The third-order valence-corrected chi connectivity index (χ3v) is 3.92. The Balaban J connectivity index is 3.21. The highest BCUT2D eigenvalue weighted by molar-refractivity contribution is 6.50. The van der Waals surface area contributed by atoms with Gasteiger partial charge in [0.1, 0.15) is 6.04 Å². The van der Waals surface area contributed by atoms with Gasteiger partial charge in [-0.15, -0.1) is 0 Å². The van der Waals surface area contributed by atoms with E-state index < -0.39 is 12.0 Å². The summed E-state index contributed by atoms with van der Waals surface area (Å²) in [6.45, 7) is 3.53. The van der Waals surface area contributed by atoms with Crippen LogP contribution in [0, 0.1) is 5.92 Å². The molecule has 100 valence electrons. The zero-order valence-electron chi connectivity index (χ0n) is 9.60. The molecule has 1 aromatic carbocycles. The Morgan fingerprint density at radius 3 is 1.94 bits per heavy atom. The van der Waals surface area contributed by atoms with Crippen molar-refractivity contribution < 1.29 is 9.90 Å². The van der Waals surface area contributed by atoms with Gasteiger partial charge < -0.3 is 10.4 Å². The van der Waals surface area contributed by atoms with Crippen molar-refractivity contribution in [1.29, 1.82) is 0 Å². The number of aliphatic carboxylic acids is 1. The van der Waals surface area contributed by atoms with E-state index in [0.29, 0.717) is 0 Å². The highest BCUT2D eigenvalue weighted by atomic mass is 35.5. The van der Waals surface area contributed by atoms with Gasteiger partial charge >= 0.3 is 5.97 Å². The van der Waals surface area contributed by atoms with Crippen LogP contribution >= 0.6 is 46.4 Å². The Labute approximate surface area is 125 Å². The maximum Gasteiger partial charge on any atom is 0.326 e. The summed E-state index contributed by atoms with van der Waals surface area (Å²) in [5.41, 5.74) is 0.233. The van der Waals surface area contributed by atoms with E-state index in [1.807, 2.05) is 0 Å². The highest BCUT2D eigenvalue weighted by Gasteiger charge is 2.24. The molecular weight excluding hydrogens is 320 g/mol. The Morgan fingerprint density at radius 1 is 1.17 bits per heavy atom. The first-order valence-corrected chi connectivity index (χ1v) is 6.59. The van der Waals surface area contributed by atoms with Crippen LogP contribution in [0.25, 0.3) is 0 Å². The average Bonchev–Trinajstić information content (AvgIpc) is 2.25. The molecule has 0 radical (unpaired) electrons. The quantitative estimate of drug-likeness (QED) is 0.778. The van der Waals surface area contributed by atoms with Crippen molar-refractivity contribution >= 4 is 58.1 Å². The fourth-order valence-corrected chi connectivity index (χ4v) is 2.29. The van der Waals surface area contributed by atoms with Crippen molar-refractivity contribution in [2.24, 2.45) is 5.92 Å². The van der Waals surface area contributed by atoms with Crippen LogP contribution in [0.15, 0.2) is 6.07 Å². The molecule has 18 heavy (non-hydrogen) atoms. The van der Waals surface area contributed by atoms with E-state index in [9.17, 15) is 4.79 Å². The summed E-state index contributed by atoms with van der Waals surface area (Å²) in [6.07, 6.45) is 0. The molecule has 0 aromatic heterocycles. The first-order valence-electron chi connectivity index (χ1n) is 5.08. The number of nitrogens with one attached hydrogen (secondary N) is 1. The van der Waals surface area contributed by atoms with Crippen molar-refractivity contribution in [3.63, 3.8) is 0 Å². The van der Waals surface area contributed by atoms with Crippen molar-refractivity contribution in [2.75, 3.05) is 5.32 Å². The molecule has 3 nitrogen and oxygen atoms in total. The predicted octanol–water partition coefficient (Wildman–Crippen LogP) is 4.82. The van der Waals surface area contributed by atoms with Gasteiger partial charge in [-0.05, 0) is 12.0 Å². The van der Waals surface area contributed by atoms with Gasteiger partial charge in [0.25, 0.3) is 0 Å². The van der Waals surface area contributed by atoms with Crippen molar-refractivity contribution in [2.45, 2.75) is 19.9 Å². The summed E-state index contributed by atoms with van der Waals surface area (Å²) in [4.78, 5) is 11.1. The first kappa shape index (κ1) is 15.7. The van der Waals surface area contributed by atoms with Gasteiger partial charge in [0.15, 0.2) is 0 Å². The van der Waals surface area contributed by atoms with Gasteiger partial charge in [-0.1, -0.05) is 60.3 Å². The molecule has 1 unspecified atom stereocenters. The molecule has 0 amide bonds. The van der Waals surface area contributed by atoms with Gasteiger partial charge in [0.2, 0.25) is 0 Å². The molecule has 1 rings (SSSR count). The van der Waals surface area contributed by atoms with Crippen molar-refractivity contribution in [3.05, 3.63) is 26.2 Å². The lowest BCUT2D eigenvalue weighted by molar-refractivity contribution is -0.138. The molecule has 0 saturated carbocycles. The number of benzene rings is 1. The van der Waals surface area contributed by atoms with Crippen molar-refractivity contribution in [1.82, 2.24) is 0 Å². The second kappa shape index (κ2) is 6.20. The second-order valence-corrected chi connectivity index (χ2v) is 5.62. The summed E-state index contributed by atoms with van der Waals surface area (Å²) in [7, 11) is 0. The van der Waals surface area contributed by atoms with E-state index in [1.165, 1.54) is 6.07 Å². The third kappa shape index (κ3) is 3.35. The fraction of sp³-hybridized carbons (Fsp3) is 0.364. The summed E-state index contributed by atoms with van der Waals surface area (Å²) >= 11 is 23.7. The molecule has 2 N–H and O–H groups in total. The zero-order valence-corrected chi connectivity index (χ0v) is 12.6. The van der Waals surface area contributed by atoms with Crippen LogP contribution in [0.5, 0.6) is 0 Å². The lowest BCUT2D eigenvalue weighted by Gasteiger charge is -2.21. The predicted molar refractivity (Wildman–Crippen MR) is 76.4 cm³/mol. The maximum atomic E-state index is 11.1. The molecular formula is C11H11Cl4NO2. The molecule has 0 aliphatic heterocycles. The Kier molecular flexibility index (Phi) is 5.41. The topological polar surface area (TPSA) is 49.3 Å². The number of carboxylic acids is 1. The number of carboxylic acid groups (broad SMARTS) is 1. The summed E-state index contributed by atoms with van der Waals surface area (Å²) in [5.74, 6) is -1.17. The molecule has 0 aliphatic carbocycles. The van der Waals surface area contributed by atoms with Gasteiger partial charge in [-0.25, -0.2) is 4.79 Å². The summed E-state index contributed by atoms with van der Waals surface area (Å²) in [5, 5.41) is 12.6. The minimum absolute atomic E-state index is 0.151. The number of hydrogen-bond donors (Lipinski definition) is 2. The number of anilines is 1. The molecule has 0 aliphatic rings. The largest absolute Gasteiger partial charge is 0.480 e. The molecule has 0 saturated heterocycles. The minimum Gasteiger partial charge on any atom is -0.480 e. The molecule has 0 bridgehead atoms. The van der Waals surface area contributed by atoms with Crippen LogP contribution in [0.3, 0.4) is 0 Å². The molecule has 0 heterocycles. The van der Waals surface area contributed by atoms with E-state index in [0.717, 1.165) is 0 Å². The molecule has 7 heteroatoms. The van der Waals surface area contributed by atoms with Crippen LogP contribution in [0.2, 0.25) is 20.1 Å². The maximum absolute atomic E-state index is 11.1. The normalized spacial score (nSPS) is 12.6. The highest BCUT2D eigenvalue weighted by Crippen LogP contribution is 2.41. The van der Waals surface area contributed by atoms with Gasteiger partial charge in [-0.2, -0.15) is 0 Å². The molecule has 0 fully saturated rings. The van der Waals surface area contributed by atoms with E-state index in [1.54, 1.807) is 13.8 Å². The Hall–Kier alpha value is -0.350. The summed E-state index contributed by atoms with van der Waals surface area (Å²) < 4.78 is 0. The zero-order chi connectivity index (χ0) is 14.0. The summed E-state index contributed by atoms with van der Waals surface area (Å²) in [6, 6.07) is 0.568. The fourth-order valence-electron chi connectivity index (χ4n) is 1.37. The number of rotatable bonds is 4. The number of hydrogen-bond acceptors (Lipinski definition) is 2. The van der Waals surface area contributed by atoms with E-state index in [2.05, 4.69) is 5.32 Å². The second-order valence-electron chi connectivity index (χ2n) is 4.05. The van der Waals surface area contributed by atoms with Gasteiger partial charge in [0.05, 0.1) is 25.8 Å². The lowest BCUT2D eigenvalue weighted by Crippen LogP contribution is -2.34. The third-order valence-electron chi connectivity index (χ3n) is 2.34. The standard InChI is InChI=1S/C11H11Cl4NO2/c1-4(2)9(11(17)18)16-10-7(14)5(12)3-6(13)8(10)15/h3-4,9,16H,1-2H3,(H,17,18). The Morgan fingerprint density at radius 2 is 1.61 bits per heavy atom. The van der Waals surface area contributed by atoms with E-state index in [-0.39, 0.29) is 31.7 Å². The number of carbonyl (C=O) groups is 1. The van der Waals surface area contributed by atoms with E-state index in [4.69, 9.17) is 51.5 Å². The van der Waals surface area contributed by atoms with Gasteiger partial charge in [-0.3, -0.25) is 0 Å². The van der Waals surface area contributed by atoms with Gasteiger partial charge in [0, 0.05) is 0 Å². The monoisotopic (exact) mass is 329 g/mol. The average molecular weight is 331 g/mol. The Bertz CT molecular complexity index is 450. The minimum atomic E-state index is -1.01. The lowest BCUT2D eigenvalue weighted by atomic mass is 10.0. The number of halogens is 4. The van der Waals surface area contributed by atoms with E-state index >= 15 is 0 Å². The first-order chi connectivity index (χ1) is 8.25. The van der Waals surface area contributed by atoms with Crippen LogP contribution in [-0.2, 0) is 4.79 Å². The van der Waals surface area contributed by atoms with Crippen LogP contribution in [-0.4, -0.2) is 17.1 Å².